The number of aryl methyl sites for hydroxylation is 2. The Hall–Kier alpha value is -2.02. The maximum Gasteiger partial charge on any atom is 0.226 e. The van der Waals surface area contributed by atoms with E-state index in [4.69, 9.17) is 13.8 Å². The molecule has 0 amide bonds. The predicted molar refractivity (Wildman–Crippen MR) is 126 cm³/mol. The van der Waals surface area contributed by atoms with Crippen molar-refractivity contribution in [1.82, 2.24) is 4.98 Å². The van der Waals surface area contributed by atoms with Gasteiger partial charge in [0.15, 0.2) is 14.6 Å². The molecular weight excluding hydrogens is 410 g/mol. The number of thiophene rings is 1. The summed E-state index contributed by atoms with van der Waals surface area (Å²) in [6, 6.07) is 13.9. The van der Waals surface area contributed by atoms with Crippen molar-refractivity contribution in [3.05, 3.63) is 63.7 Å². The molecular formula is C24H31NO3SSi. The zero-order valence-electron chi connectivity index (χ0n) is 18.7. The molecule has 0 aliphatic heterocycles. The summed E-state index contributed by atoms with van der Waals surface area (Å²) in [4.78, 5) is 17.8. The van der Waals surface area contributed by atoms with Gasteiger partial charge in [0, 0.05) is 10.4 Å². The van der Waals surface area contributed by atoms with Crippen LogP contribution in [-0.4, -0.2) is 19.6 Å². The van der Waals surface area contributed by atoms with Crippen LogP contribution in [0.1, 0.15) is 59.3 Å². The molecule has 0 bridgehead atoms. The molecule has 1 unspecified atom stereocenters. The van der Waals surface area contributed by atoms with Crippen molar-refractivity contribution < 1.29 is 13.6 Å². The van der Waals surface area contributed by atoms with Gasteiger partial charge in [-0.3, -0.25) is 4.79 Å². The monoisotopic (exact) mass is 441 g/mol. The summed E-state index contributed by atoms with van der Waals surface area (Å²) in [6.45, 7) is 13.2. The zero-order valence-corrected chi connectivity index (χ0v) is 20.5. The van der Waals surface area contributed by atoms with Gasteiger partial charge in [-0.25, -0.2) is 4.98 Å². The predicted octanol–water partition coefficient (Wildman–Crippen LogP) is 7.22. The molecule has 0 fully saturated rings. The second-order valence-corrected chi connectivity index (χ2v) is 15.1. The highest BCUT2D eigenvalue weighted by Crippen LogP contribution is 2.42. The Labute approximate surface area is 184 Å². The summed E-state index contributed by atoms with van der Waals surface area (Å²) in [7, 11) is -1.98. The number of hydrogen-bond donors (Lipinski definition) is 0. The van der Waals surface area contributed by atoms with Crippen LogP contribution in [0, 0.1) is 6.92 Å². The Morgan fingerprint density at radius 2 is 1.87 bits per heavy atom. The molecule has 0 saturated carbocycles. The largest absolute Gasteiger partial charge is 0.441 e. The summed E-state index contributed by atoms with van der Waals surface area (Å²) >= 11 is 1.52. The molecule has 0 spiro atoms. The Kier molecular flexibility index (Phi) is 6.80. The minimum atomic E-state index is -1.98. The average molecular weight is 442 g/mol. The van der Waals surface area contributed by atoms with Crippen LogP contribution in [0.5, 0.6) is 0 Å². The Morgan fingerprint density at radius 1 is 1.17 bits per heavy atom. The molecule has 1 atom stereocenters. The summed E-state index contributed by atoms with van der Waals surface area (Å²) in [6.07, 6.45) is 2.41. The van der Waals surface area contributed by atoms with Gasteiger partial charge >= 0.3 is 0 Å². The van der Waals surface area contributed by atoms with E-state index >= 15 is 0 Å². The SMILES string of the molecule is Cc1oc(-c2ccccc2)nc1CCC(O[Si](C)(C)C(C)(C)C)c1ccc(C=O)s1. The van der Waals surface area contributed by atoms with Crippen molar-refractivity contribution in [3.8, 4) is 11.5 Å². The minimum Gasteiger partial charge on any atom is -0.441 e. The normalized spacial score (nSPS) is 13.4. The molecule has 0 radical (unpaired) electrons. The van der Waals surface area contributed by atoms with Crippen LogP contribution in [0.15, 0.2) is 46.9 Å². The minimum absolute atomic E-state index is 0.0548. The van der Waals surface area contributed by atoms with Crippen LogP contribution in [-0.2, 0) is 10.8 Å². The molecule has 3 rings (SSSR count). The highest BCUT2D eigenvalue weighted by atomic mass is 32.1. The molecule has 0 N–H and O–H groups in total. The molecule has 2 heterocycles. The van der Waals surface area contributed by atoms with Crippen molar-refractivity contribution in [2.24, 2.45) is 0 Å². The van der Waals surface area contributed by atoms with Crippen LogP contribution < -0.4 is 0 Å². The van der Waals surface area contributed by atoms with E-state index < -0.39 is 8.32 Å². The van der Waals surface area contributed by atoms with Gasteiger partial charge in [0.05, 0.1) is 16.7 Å². The first-order valence-electron chi connectivity index (χ1n) is 10.3. The standard InChI is InChI=1S/C24H31NO3SSi/c1-17-20(25-23(27-17)18-10-8-7-9-11-18)13-14-21(22-15-12-19(16-26)29-22)28-30(5,6)24(2,3)4/h7-12,15-16,21H,13-14H2,1-6H3. The highest BCUT2D eigenvalue weighted by molar-refractivity contribution is 7.13. The average Bonchev–Trinajstić information content (AvgIpc) is 3.31. The van der Waals surface area contributed by atoms with E-state index in [9.17, 15) is 4.79 Å². The molecule has 1 aromatic carbocycles. The first-order chi connectivity index (χ1) is 14.1. The van der Waals surface area contributed by atoms with Crippen LogP contribution in [0.2, 0.25) is 18.1 Å². The number of benzene rings is 1. The molecule has 30 heavy (non-hydrogen) atoms. The highest BCUT2D eigenvalue weighted by Gasteiger charge is 2.39. The second-order valence-electron chi connectivity index (χ2n) is 9.15. The smallest absolute Gasteiger partial charge is 0.226 e. The second kappa shape index (κ2) is 9.00. The molecule has 3 aromatic rings. The molecule has 2 aromatic heterocycles. The third-order valence-corrected chi connectivity index (χ3v) is 11.5. The maximum absolute atomic E-state index is 11.2. The lowest BCUT2D eigenvalue weighted by Crippen LogP contribution is -2.41. The summed E-state index contributed by atoms with van der Waals surface area (Å²) in [5.74, 6) is 1.50. The van der Waals surface area contributed by atoms with E-state index in [1.807, 2.05) is 49.4 Å². The fourth-order valence-corrected chi connectivity index (χ4v) is 5.31. The van der Waals surface area contributed by atoms with E-state index in [-0.39, 0.29) is 11.1 Å². The number of carbonyl (C=O) groups is 1. The fourth-order valence-electron chi connectivity index (χ4n) is 3.03. The molecule has 160 valence electrons. The Bertz CT molecular complexity index is 986. The van der Waals surface area contributed by atoms with Crippen LogP contribution in [0.4, 0.5) is 0 Å². The van der Waals surface area contributed by atoms with Crippen molar-refractivity contribution in [2.75, 3.05) is 0 Å². The lowest BCUT2D eigenvalue weighted by molar-refractivity contribution is 0.112. The quantitative estimate of drug-likeness (QED) is 0.273. The van der Waals surface area contributed by atoms with Crippen molar-refractivity contribution in [2.45, 2.75) is 64.8 Å². The number of rotatable bonds is 8. The summed E-state index contributed by atoms with van der Waals surface area (Å²) in [5, 5.41) is 0.111. The van der Waals surface area contributed by atoms with Gasteiger partial charge in [-0.15, -0.1) is 11.3 Å². The Morgan fingerprint density at radius 3 is 2.47 bits per heavy atom. The van der Waals surface area contributed by atoms with E-state index in [0.29, 0.717) is 5.89 Å². The summed E-state index contributed by atoms with van der Waals surface area (Å²) < 4.78 is 12.7. The topological polar surface area (TPSA) is 52.3 Å². The molecule has 0 aliphatic rings. The molecule has 0 aliphatic carbocycles. The van der Waals surface area contributed by atoms with Gasteiger partial charge in [-0.1, -0.05) is 39.0 Å². The first-order valence-corrected chi connectivity index (χ1v) is 14.1. The first kappa shape index (κ1) is 22.7. The van der Waals surface area contributed by atoms with Gasteiger partial charge in [0.25, 0.3) is 0 Å². The molecule has 0 saturated heterocycles. The Balaban J connectivity index is 1.81. The van der Waals surface area contributed by atoms with Gasteiger partial charge in [-0.05, 0) is 62.2 Å². The van der Waals surface area contributed by atoms with E-state index in [2.05, 4.69) is 33.9 Å². The van der Waals surface area contributed by atoms with Crippen LogP contribution in [0.25, 0.3) is 11.5 Å². The van der Waals surface area contributed by atoms with Crippen LogP contribution >= 0.6 is 11.3 Å². The number of nitrogens with zero attached hydrogens (tertiary/aromatic N) is 1. The molecule has 6 heteroatoms. The lowest BCUT2D eigenvalue weighted by Gasteiger charge is -2.39. The number of oxazole rings is 1. The number of aromatic nitrogens is 1. The van der Waals surface area contributed by atoms with Crippen molar-refractivity contribution in [1.29, 1.82) is 0 Å². The van der Waals surface area contributed by atoms with Crippen LogP contribution in [0.3, 0.4) is 0 Å². The van der Waals surface area contributed by atoms with Crippen molar-refractivity contribution in [3.63, 3.8) is 0 Å². The van der Waals surface area contributed by atoms with Gasteiger partial charge in [0.1, 0.15) is 5.76 Å². The van der Waals surface area contributed by atoms with Gasteiger partial charge in [-0.2, -0.15) is 0 Å². The molecule has 4 nitrogen and oxygen atoms in total. The maximum atomic E-state index is 11.2. The zero-order chi connectivity index (χ0) is 21.9. The lowest BCUT2D eigenvalue weighted by atomic mass is 10.1. The number of aldehydes is 1. The van der Waals surface area contributed by atoms with E-state index in [1.54, 1.807) is 0 Å². The third kappa shape index (κ3) is 5.17. The summed E-state index contributed by atoms with van der Waals surface area (Å²) in [5.41, 5.74) is 1.94. The number of carbonyl (C=O) groups excluding carboxylic acids is 1. The van der Waals surface area contributed by atoms with E-state index in [1.165, 1.54) is 11.3 Å². The third-order valence-electron chi connectivity index (χ3n) is 5.88. The van der Waals surface area contributed by atoms with E-state index in [0.717, 1.165) is 45.9 Å². The fraction of sp³-hybridized carbons (Fsp3) is 0.417. The van der Waals surface area contributed by atoms with Crippen molar-refractivity contribution >= 4 is 25.9 Å². The van der Waals surface area contributed by atoms with Gasteiger partial charge in [0.2, 0.25) is 5.89 Å². The van der Waals surface area contributed by atoms with Gasteiger partial charge < -0.3 is 8.84 Å². The number of hydrogen-bond acceptors (Lipinski definition) is 5.